The van der Waals surface area contributed by atoms with Crippen LogP contribution in [0.4, 0.5) is 13.2 Å². The molecule has 0 radical (unpaired) electrons. The highest BCUT2D eigenvalue weighted by molar-refractivity contribution is 6.31. The Morgan fingerprint density at radius 1 is 1.27 bits per heavy atom. The Morgan fingerprint density at radius 2 is 1.93 bits per heavy atom. The fourth-order valence-electron chi connectivity index (χ4n) is 1.00. The van der Waals surface area contributed by atoms with Crippen LogP contribution in [-0.2, 0) is 0 Å². The van der Waals surface area contributed by atoms with Crippen molar-refractivity contribution in [1.29, 1.82) is 0 Å². The van der Waals surface area contributed by atoms with Gasteiger partial charge in [-0.25, -0.2) is 13.2 Å². The van der Waals surface area contributed by atoms with Crippen molar-refractivity contribution < 1.29 is 17.9 Å². The average molecular weight is 239 g/mol. The molecule has 0 aliphatic heterocycles. The number of benzene rings is 1. The zero-order valence-corrected chi connectivity index (χ0v) is 8.87. The second kappa shape index (κ2) is 5.26. The Morgan fingerprint density at radius 3 is 2.53 bits per heavy atom. The molecule has 1 aromatic carbocycles. The van der Waals surface area contributed by atoms with Crippen LogP contribution in [0.15, 0.2) is 6.07 Å². The molecule has 0 saturated heterocycles. The first-order valence-electron chi connectivity index (χ1n) is 4.53. The van der Waals surface area contributed by atoms with Crippen LogP contribution in [0.1, 0.15) is 19.8 Å². The molecule has 0 bridgehead atoms. The summed E-state index contributed by atoms with van der Waals surface area (Å²) in [6.45, 7) is 2.08. The molecule has 0 amide bonds. The van der Waals surface area contributed by atoms with E-state index in [1.54, 1.807) is 0 Å². The molecule has 0 spiro atoms. The molecule has 0 fully saturated rings. The van der Waals surface area contributed by atoms with E-state index in [-0.39, 0.29) is 6.61 Å². The van der Waals surface area contributed by atoms with Crippen molar-refractivity contribution in [3.63, 3.8) is 0 Å². The summed E-state index contributed by atoms with van der Waals surface area (Å²) in [6.07, 6.45) is 1.49. The van der Waals surface area contributed by atoms with Crippen LogP contribution in [-0.4, -0.2) is 6.61 Å². The summed E-state index contributed by atoms with van der Waals surface area (Å²) >= 11 is 5.27. The van der Waals surface area contributed by atoms with E-state index in [1.807, 2.05) is 6.92 Å². The first kappa shape index (κ1) is 12.2. The Bertz CT molecular complexity index is 355. The summed E-state index contributed by atoms with van der Waals surface area (Å²) in [5.74, 6) is -4.01. The van der Waals surface area contributed by atoms with Gasteiger partial charge in [0.05, 0.1) is 6.61 Å². The molecule has 0 atom stereocenters. The van der Waals surface area contributed by atoms with E-state index in [4.69, 9.17) is 16.3 Å². The third-order valence-corrected chi connectivity index (χ3v) is 2.16. The molecule has 0 aromatic heterocycles. The number of halogens is 4. The molecule has 0 unspecified atom stereocenters. The molecule has 0 N–H and O–H groups in total. The van der Waals surface area contributed by atoms with Gasteiger partial charge in [0.2, 0.25) is 0 Å². The number of rotatable bonds is 4. The zero-order valence-electron chi connectivity index (χ0n) is 8.12. The Balaban J connectivity index is 2.92. The van der Waals surface area contributed by atoms with Crippen molar-refractivity contribution >= 4 is 11.6 Å². The molecule has 0 aliphatic rings. The molecule has 1 aromatic rings. The highest BCUT2D eigenvalue weighted by atomic mass is 35.5. The molecule has 1 nitrogen and oxygen atoms in total. The first-order chi connectivity index (χ1) is 7.07. The second-order valence-corrected chi connectivity index (χ2v) is 3.38. The lowest BCUT2D eigenvalue weighted by atomic mass is 10.3. The van der Waals surface area contributed by atoms with Gasteiger partial charge in [-0.1, -0.05) is 24.9 Å². The van der Waals surface area contributed by atoms with Crippen LogP contribution in [0.5, 0.6) is 5.75 Å². The monoisotopic (exact) mass is 238 g/mol. The largest absolute Gasteiger partial charge is 0.488 e. The Labute approximate surface area is 90.8 Å². The third kappa shape index (κ3) is 2.78. The minimum Gasteiger partial charge on any atom is -0.488 e. The van der Waals surface area contributed by atoms with Gasteiger partial charge in [-0.05, 0) is 6.42 Å². The van der Waals surface area contributed by atoms with Crippen LogP contribution in [0.2, 0.25) is 5.02 Å². The fraction of sp³-hybridized carbons (Fsp3) is 0.400. The highest BCUT2D eigenvalue weighted by Crippen LogP contribution is 2.30. The quantitative estimate of drug-likeness (QED) is 0.439. The van der Waals surface area contributed by atoms with E-state index < -0.39 is 28.2 Å². The second-order valence-electron chi connectivity index (χ2n) is 3.00. The Kier molecular flexibility index (Phi) is 4.27. The Hall–Kier alpha value is -0.900. The predicted octanol–water partition coefficient (Wildman–Crippen LogP) is 3.94. The van der Waals surface area contributed by atoms with Gasteiger partial charge in [-0.15, -0.1) is 0 Å². The minimum absolute atomic E-state index is 0.173. The summed E-state index contributed by atoms with van der Waals surface area (Å²) in [6, 6.07) is 0.507. The fourth-order valence-corrected chi connectivity index (χ4v) is 1.14. The van der Waals surface area contributed by atoms with E-state index in [2.05, 4.69) is 0 Å². The van der Waals surface area contributed by atoms with Crippen molar-refractivity contribution in [2.75, 3.05) is 6.61 Å². The van der Waals surface area contributed by atoms with Gasteiger partial charge in [0.15, 0.2) is 17.4 Å². The predicted molar refractivity (Wildman–Crippen MR) is 51.7 cm³/mol. The molecular weight excluding hydrogens is 229 g/mol. The maximum atomic E-state index is 13.2. The maximum Gasteiger partial charge on any atom is 0.192 e. The summed E-state index contributed by atoms with van der Waals surface area (Å²) in [5.41, 5.74) is 0. The number of ether oxygens (including phenoxy) is 1. The van der Waals surface area contributed by atoms with Gasteiger partial charge in [0, 0.05) is 6.07 Å². The lowest BCUT2D eigenvalue weighted by Crippen LogP contribution is -2.02. The van der Waals surface area contributed by atoms with Gasteiger partial charge in [-0.3, -0.25) is 0 Å². The highest BCUT2D eigenvalue weighted by Gasteiger charge is 2.18. The normalized spacial score (nSPS) is 10.5. The molecule has 0 heterocycles. The summed E-state index contributed by atoms with van der Waals surface area (Å²) in [7, 11) is 0. The molecule has 1 rings (SSSR count). The number of hydrogen-bond donors (Lipinski definition) is 0. The molecule has 0 aliphatic carbocycles. The molecule has 84 valence electrons. The van der Waals surface area contributed by atoms with Crippen LogP contribution < -0.4 is 4.74 Å². The smallest absolute Gasteiger partial charge is 0.192 e. The van der Waals surface area contributed by atoms with Crippen molar-refractivity contribution in [2.45, 2.75) is 19.8 Å². The SMILES string of the molecule is CCCCOc1c(F)cc(F)c(Cl)c1F. The van der Waals surface area contributed by atoms with Crippen molar-refractivity contribution in [3.8, 4) is 5.75 Å². The molecule has 15 heavy (non-hydrogen) atoms. The van der Waals surface area contributed by atoms with Crippen LogP contribution in [0.3, 0.4) is 0 Å². The van der Waals surface area contributed by atoms with E-state index in [0.29, 0.717) is 12.5 Å². The first-order valence-corrected chi connectivity index (χ1v) is 4.91. The van der Waals surface area contributed by atoms with Crippen LogP contribution >= 0.6 is 11.6 Å². The minimum atomic E-state index is -1.19. The van der Waals surface area contributed by atoms with E-state index in [0.717, 1.165) is 6.42 Å². The van der Waals surface area contributed by atoms with E-state index in [9.17, 15) is 13.2 Å². The van der Waals surface area contributed by atoms with E-state index in [1.165, 1.54) is 0 Å². The topological polar surface area (TPSA) is 9.23 Å². The van der Waals surface area contributed by atoms with Gasteiger partial charge >= 0.3 is 0 Å². The lowest BCUT2D eigenvalue weighted by molar-refractivity contribution is 0.277. The standard InChI is InChI=1S/C10H10ClF3O/c1-2-3-4-15-10-7(13)5-6(12)8(11)9(10)14/h5H,2-4H2,1H3. The van der Waals surface area contributed by atoms with Gasteiger partial charge in [0.25, 0.3) is 0 Å². The molecule has 5 heteroatoms. The lowest BCUT2D eigenvalue weighted by Gasteiger charge is -2.08. The van der Waals surface area contributed by atoms with Gasteiger partial charge < -0.3 is 4.74 Å². The van der Waals surface area contributed by atoms with Crippen molar-refractivity contribution in [1.82, 2.24) is 0 Å². The van der Waals surface area contributed by atoms with Crippen molar-refractivity contribution in [3.05, 3.63) is 28.5 Å². The molecular formula is C10H10ClF3O. The van der Waals surface area contributed by atoms with Crippen LogP contribution in [0, 0.1) is 17.5 Å². The molecule has 0 saturated carbocycles. The van der Waals surface area contributed by atoms with Crippen LogP contribution in [0.25, 0.3) is 0 Å². The zero-order chi connectivity index (χ0) is 11.4. The number of hydrogen-bond acceptors (Lipinski definition) is 1. The van der Waals surface area contributed by atoms with E-state index >= 15 is 0 Å². The summed E-state index contributed by atoms with van der Waals surface area (Å²) in [4.78, 5) is 0. The average Bonchev–Trinajstić information content (AvgIpc) is 2.20. The van der Waals surface area contributed by atoms with Gasteiger partial charge in [-0.2, -0.15) is 0 Å². The third-order valence-electron chi connectivity index (χ3n) is 1.82. The summed E-state index contributed by atoms with van der Waals surface area (Å²) in [5, 5.41) is -0.747. The van der Waals surface area contributed by atoms with Crippen molar-refractivity contribution in [2.24, 2.45) is 0 Å². The van der Waals surface area contributed by atoms with Gasteiger partial charge in [0.1, 0.15) is 10.8 Å². The maximum absolute atomic E-state index is 13.2. The number of unbranched alkanes of at least 4 members (excludes halogenated alkanes) is 1. The summed E-state index contributed by atoms with van der Waals surface area (Å²) < 4.78 is 43.9.